The molecule has 0 spiro atoms. The van der Waals surface area contributed by atoms with E-state index in [2.05, 4.69) is 5.32 Å². The third-order valence-electron chi connectivity index (χ3n) is 2.94. The van der Waals surface area contributed by atoms with Crippen molar-refractivity contribution in [3.8, 4) is 0 Å². The van der Waals surface area contributed by atoms with Gasteiger partial charge in [-0.15, -0.1) is 0 Å². The highest BCUT2D eigenvalue weighted by Crippen LogP contribution is 2.34. The summed E-state index contributed by atoms with van der Waals surface area (Å²) in [4.78, 5) is 11.0. The summed E-state index contributed by atoms with van der Waals surface area (Å²) in [5, 5.41) is 13.4. The highest BCUT2D eigenvalue weighted by atomic mass is 35.5. The Morgan fingerprint density at radius 1 is 1.10 bits per heavy atom. The summed E-state index contributed by atoms with van der Waals surface area (Å²) in [7, 11) is 0. The molecule has 0 aliphatic rings. The Hall–Kier alpha value is -1.55. The summed E-state index contributed by atoms with van der Waals surface area (Å²) >= 11 is 12.2. The van der Waals surface area contributed by atoms with Crippen molar-refractivity contribution in [1.82, 2.24) is 0 Å². The molecule has 0 aromatic heterocycles. The minimum atomic E-state index is -0.583. The fraction of sp³-hybridized carbons (Fsp3) is 0.133. The predicted octanol–water partition coefficient (Wildman–Crippen LogP) is 4.01. The molecule has 0 amide bonds. The van der Waals surface area contributed by atoms with Crippen LogP contribution in [0.2, 0.25) is 10.0 Å². The van der Waals surface area contributed by atoms with Gasteiger partial charge in [-0.3, -0.25) is 0 Å². The summed E-state index contributed by atoms with van der Waals surface area (Å²) in [5.41, 5.74) is 1.96. The van der Waals surface area contributed by atoms with Gasteiger partial charge in [0.2, 0.25) is 0 Å². The normalized spacial score (nSPS) is 11.9. The van der Waals surface area contributed by atoms with Crippen LogP contribution in [-0.2, 0) is 4.79 Å². The number of halogens is 2. The summed E-state index contributed by atoms with van der Waals surface area (Å²) in [6.45, 7) is -0.252. The van der Waals surface area contributed by atoms with Crippen LogP contribution in [-0.4, -0.2) is 18.0 Å². The van der Waals surface area contributed by atoms with E-state index in [-0.39, 0.29) is 6.61 Å². The molecular weight excluding hydrogens is 297 g/mol. The fourth-order valence-corrected chi connectivity index (χ4v) is 2.39. The van der Waals surface area contributed by atoms with E-state index in [4.69, 9.17) is 23.2 Å². The van der Waals surface area contributed by atoms with Gasteiger partial charge < -0.3 is 15.2 Å². The summed E-state index contributed by atoms with van der Waals surface area (Å²) in [5.74, 6) is -0.583. The first-order valence-electron chi connectivity index (χ1n) is 6.03. The molecule has 2 rings (SSSR count). The van der Waals surface area contributed by atoms with Crippen molar-refractivity contribution in [1.29, 1.82) is 0 Å². The number of aliphatic hydroxyl groups is 1. The number of aldehydes is 1. The second-order valence-electron chi connectivity index (χ2n) is 4.23. The van der Waals surface area contributed by atoms with Crippen molar-refractivity contribution in [2.45, 2.75) is 5.92 Å². The molecule has 3 nitrogen and oxygen atoms in total. The number of anilines is 2. The quantitative estimate of drug-likeness (QED) is 0.820. The van der Waals surface area contributed by atoms with Crippen LogP contribution in [0.4, 0.5) is 11.4 Å². The lowest BCUT2D eigenvalue weighted by Crippen LogP contribution is -2.08. The summed E-state index contributed by atoms with van der Waals surface area (Å²) in [6, 6.07) is 12.4. The first-order valence-corrected chi connectivity index (χ1v) is 6.79. The van der Waals surface area contributed by atoms with E-state index in [9.17, 15) is 9.90 Å². The van der Waals surface area contributed by atoms with Crippen LogP contribution in [0.25, 0.3) is 0 Å². The third kappa shape index (κ3) is 3.12. The average molecular weight is 310 g/mol. The van der Waals surface area contributed by atoms with Gasteiger partial charge >= 0.3 is 0 Å². The summed E-state index contributed by atoms with van der Waals surface area (Å²) in [6.07, 6.45) is 0.717. The van der Waals surface area contributed by atoms with Gasteiger partial charge in [0.25, 0.3) is 0 Å². The Labute approximate surface area is 127 Å². The highest BCUT2D eigenvalue weighted by Gasteiger charge is 2.15. The van der Waals surface area contributed by atoms with Crippen LogP contribution in [0.1, 0.15) is 11.5 Å². The van der Waals surface area contributed by atoms with E-state index >= 15 is 0 Å². The first-order chi connectivity index (χ1) is 9.67. The lowest BCUT2D eigenvalue weighted by Gasteiger charge is -2.16. The van der Waals surface area contributed by atoms with E-state index in [0.717, 1.165) is 0 Å². The number of hydrogen-bond acceptors (Lipinski definition) is 3. The molecule has 0 bridgehead atoms. The van der Waals surface area contributed by atoms with Crippen molar-refractivity contribution in [3.05, 3.63) is 58.1 Å². The molecule has 0 saturated heterocycles. The molecule has 5 heteroatoms. The lowest BCUT2D eigenvalue weighted by molar-refractivity contribution is -0.109. The number of aliphatic hydroxyl groups excluding tert-OH is 1. The molecule has 2 aromatic rings. The number of carbonyl (C=O) groups excluding carboxylic acids is 1. The maximum atomic E-state index is 11.0. The topological polar surface area (TPSA) is 49.3 Å². The van der Waals surface area contributed by atoms with Gasteiger partial charge in [0, 0.05) is 5.69 Å². The molecule has 1 unspecified atom stereocenters. The molecule has 0 saturated carbocycles. The number of benzene rings is 2. The van der Waals surface area contributed by atoms with Crippen LogP contribution in [0.5, 0.6) is 0 Å². The van der Waals surface area contributed by atoms with Crippen LogP contribution in [0.15, 0.2) is 42.5 Å². The minimum absolute atomic E-state index is 0.252. The third-order valence-corrected chi connectivity index (χ3v) is 3.57. The fourth-order valence-electron chi connectivity index (χ4n) is 1.90. The minimum Gasteiger partial charge on any atom is -0.395 e. The Kier molecular flexibility index (Phi) is 5.01. The van der Waals surface area contributed by atoms with Crippen LogP contribution < -0.4 is 5.32 Å². The van der Waals surface area contributed by atoms with Gasteiger partial charge in [0.15, 0.2) is 0 Å². The van der Waals surface area contributed by atoms with Gasteiger partial charge in [-0.25, -0.2) is 0 Å². The maximum Gasteiger partial charge on any atom is 0.129 e. The van der Waals surface area contributed by atoms with Crippen molar-refractivity contribution in [2.24, 2.45) is 0 Å². The van der Waals surface area contributed by atoms with Crippen molar-refractivity contribution < 1.29 is 9.90 Å². The molecule has 0 aliphatic carbocycles. The monoisotopic (exact) mass is 309 g/mol. The summed E-state index contributed by atoms with van der Waals surface area (Å²) < 4.78 is 0. The van der Waals surface area contributed by atoms with Gasteiger partial charge in [-0.1, -0.05) is 47.5 Å². The molecule has 2 N–H and O–H groups in total. The van der Waals surface area contributed by atoms with Crippen LogP contribution >= 0.6 is 23.2 Å². The Morgan fingerprint density at radius 2 is 1.75 bits per heavy atom. The molecular formula is C15H13Cl2NO2. The Balaban J connectivity index is 2.41. The lowest BCUT2D eigenvalue weighted by atomic mass is 9.99. The van der Waals surface area contributed by atoms with E-state index in [0.29, 0.717) is 33.3 Å². The Bertz CT molecular complexity index is 596. The van der Waals surface area contributed by atoms with Crippen LogP contribution in [0.3, 0.4) is 0 Å². The molecule has 2 aromatic carbocycles. The Morgan fingerprint density at radius 3 is 2.35 bits per heavy atom. The highest BCUT2D eigenvalue weighted by molar-refractivity contribution is 6.39. The molecule has 0 aliphatic heterocycles. The molecule has 0 radical (unpaired) electrons. The average Bonchev–Trinajstić information content (AvgIpc) is 2.46. The number of rotatable bonds is 5. The number of nitrogens with one attached hydrogen (secondary N) is 1. The number of para-hydroxylation sites is 2. The molecule has 0 heterocycles. The molecule has 0 fully saturated rings. The van der Waals surface area contributed by atoms with Crippen molar-refractivity contribution in [3.63, 3.8) is 0 Å². The van der Waals surface area contributed by atoms with Crippen molar-refractivity contribution >= 4 is 40.9 Å². The van der Waals surface area contributed by atoms with E-state index in [1.807, 2.05) is 6.07 Å². The maximum absolute atomic E-state index is 11.0. The second-order valence-corrected chi connectivity index (χ2v) is 5.05. The number of carbonyl (C=O) groups is 1. The standard InChI is InChI=1S/C15H13Cl2NO2/c16-12-5-3-6-13(17)15(12)18-14-7-2-1-4-11(14)10(8-19)9-20/h1-8,10,18,20H,9H2. The smallest absolute Gasteiger partial charge is 0.129 e. The van der Waals surface area contributed by atoms with Gasteiger partial charge in [-0.2, -0.15) is 0 Å². The van der Waals surface area contributed by atoms with Crippen LogP contribution in [0, 0.1) is 0 Å². The zero-order valence-corrected chi connectivity index (χ0v) is 12.0. The first kappa shape index (κ1) is 14.9. The molecule has 20 heavy (non-hydrogen) atoms. The van der Waals surface area contributed by atoms with E-state index in [1.165, 1.54) is 0 Å². The largest absolute Gasteiger partial charge is 0.395 e. The second kappa shape index (κ2) is 6.75. The van der Waals surface area contributed by atoms with E-state index in [1.54, 1.807) is 36.4 Å². The molecule has 104 valence electrons. The van der Waals surface area contributed by atoms with Gasteiger partial charge in [0.05, 0.1) is 28.3 Å². The zero-order valence-electron chi connectivity index (χ0n) is 10.5. The zero-order chi connectivity index (χ0) is 14.5. The van der Waals surface area contributed by atoms with Gasteiger partial charge in [0.1, 0.15) is 6.29 Å². The van der Waals surface area contributed by atoms with Gasteiger partial charge in [-0.05, 0) is 23.8 Å². The van der Waals surface area contributed by atoms with Crippen molar-refractivity contribution in [2.75, 3.05) is 11.9 Å². The SMILES string of the molecule is O=CC(CO)c1ccccc1Nc1c(Cl)cccc1Cl. The molecule has 1 atom stereocenters. The number of hydrogen-bond donors (Lipinski definition) is 2. The van der Waals surface area contributed by atoms with E-state index < -0.39 is 5.92 Å². The predicted molar refractivity (Wildman–Crippen MR) is 82.1 cm³/mol.